The van der Waals surface area contributed by atoms with E-state index in [1.54, 1.807) is 25.1 Å². The minimum atomic E-state index is -1.80. The second kappa shape index (κ2) is 4.16. The molecule has 2 N–H and O–H groups in total. The van der Waals surface area contributed by atoms with Crippen LogP contribution in [0.4, 0.5) is 0 Å². The summed E-state index contributed by atoms with van der Waals surface area (Å²) < 4.78 is 9.67. The fourth-order valence-corrected chi connectivity index (χ4v) is 0.948. The maximum Gasteiger partial charge on any atom is 0.707 e. The van der Waals surface area contributed by atoms with Gasteiger partial charge in [-0.15, -0.1) is 0 Å². The van der Waals surface area contributed by atoms with Crippen LogP contribution in [-0.4, -0.2) is 24.5 Å². The fraction of sp³-hybridized carbons (Fsp3) is 0.250. The van der Waals surface area contributed by atoms with E-state index in [0.717, 1.165) is 5.56 Å². The van der Waals surface area contributed by atoms with Gasteiger partial charge in [0.1, 0.15) is 11.5 Å². The summed E-state index contributed by atoms with van der Waals surface area (Å²) in [5, 5.41) is 17.2. The van der Waals surface area contributed by atoms with Crippen molar-refractivity contribution >= 4 is 7.32 Å². The Morgan fingerprint density at radius 1 is 1.31 bits per heavy atom. The van der Waals surface area contributed by atoms with E-state index in [2.05, 4.69) is 0 Å². The standard InChI is InChI=1S/C8H11BO4/c1-6-3-4-7(12-2)5-8(6)13-9(10)11/h3-5,10-11H,1-2H3. The van der Waals surface area contributed by atoms with Gasteiger partial charge < -0.3 is 19.4 Å². The molecule has 0 unspecified atom stereocenters. The van der Waals surface area contributed by atoms with Crippen molar-refractivity contribution in [1.82, 2.24) is 0 Å². The van der Waals surface area contributed by atoms with Gasteiger partial charge in [-0.05, 0) is 18.6 Å². The zero-order valence-corrected chi connectivity index (χ0v) is 7.52. The van der Waals surface area contributed by atoms with E-state index in [-0.39, 0.29) is 0 Å². The van der Waals surface area contributed by atoms with Crippen LogP contribution in [0.25, 0.3) is 0 Å². The average molecular weight is 182 g/mol. The van der Waals surface area contributed by atoms with E-state index in [0.29, 0.717) is 11.5 Å². The van der Waals surface area contributed by atoms with Crippen LogP contribution in [0, 0.1) is 6.92 Å². The highest BCUT2D eigenvalue weighted by molar-refractivity contribution is 6.33. The summed E-state index contributed by atoms with van der Waals surface area (Å²) in [5.74, 6) is 1.01. The zero-order chi connectivity index (χ0) is 9.84. The largest absolute Gasteiger partial charge is 0.707 e. The van der Waals surface area contributed by atoms with E-state index in [1.807, 2.05) is 0 Å². The molecular formula is C8H11BO4. The normalized spacial score (nSPS) is 9.54. The van der Waals surface area contributed by atoms with Gasteiger partial charge >= 0.3 is 7.32 Å². The van der Waals surface area contributed by atoms with Crippen LogP contribution < -0.4 is 9.39 Å². The van der Waals surface area contributed by atoms with Gasteiger partial charge in [0.15, 0.2) is 0 Å². The highest BCUT2D eigenvalue weighted by Gasteiger charge is 2.13. The van der Waals surface area contributed by atoms with Gasteiger partial charge in [0, 0.05) is 6.07 Å². The molecule has 13 heavy (non-hydrogen) atoms. The number of hydrogen-bond donors (Lipinski definition) is 2. The third-order valence-electron chi connectivity index (χ3n) is 1.63. The second-order valence-corrected chi connectivity index (χ2v) is 2.58. The number of methoxy groups -OCH3 is 1. The minimum absolute atomic E-state index is 0.398. The smallest absolute Gasteiger partial charge is 0.512 e. The van der Waals surface area contributed by atoms with Gasteiger partial charge in [0.05, 0.1) is 7.11 Å². The predicted molar refractivity (Wildman–Crippen MR) is 48.6 cm³/mol. The third kappa shape index (κ3) is 2.64. The summed E-state index contributed by atoms with van der Waals surface area (Å²) in [4.78, 5) is 0. The van der Waals surface area contributed by atoms with Gasteiger partial charge in [0.2, 0.25) is 0 Å². The van der Waals surface area contributed by atoms with Crippen molar-refractivity contribution in [3.8, 4) is 11.5 Å². The number of rotatable bonds is 3. The quantitative estimate of drug-likeness (QED) is 0.662. The molecule has 0 spiro atoms. The van der Waals surface area contributed by atoms with Crippen LogP contribution in [0.1, 0.15) is 5.56 Å². The average Bonchev–Trinajstić information content (AvgIpc) is 2.08. The Balaban J connectivity index is 2.90. The molecule has 1 aromatic carbocycles. The summed E-state index contributed by atoms with van der Waals surface area (Å²) in [6.07, 6.45) is 0. The minimum Gasteiger partial charge on any atom is -0.512 e. The lowest BCUT2D eigenvalue weighted by atomic mass is 10.2. The predicted octanol–water partition coefficient (Wildman–Crippen LogP) is 0.352. The van der Waals surface area contributed by atoms with Crippen molar-refractivity contribution in [3.63, 3.8) is 0 Å². The third-order valence-corrected chi connectivity index (χ3v) is 1.63. The first kappa shape index (κ1) is 9.89. The first-order valence-corrected chi connectivity index (χ1v) is 3.81. The van der Waals surface area contributed by atoms with Gasteiger partial charge in [-0.3, -0.25) is 0 Å². The highest BCUT2D eigenvalue weighted by atomic mass is 16.6. The lowest BCUT2D eigenvalue weighted by Gasteiger charge is -2.09. The summed E-state index contributed by atoms with van der Waals surface area (Å²) in [7, 11) is -0.269. The number of benzene rings is 1. The van der Waals surface area contributed by atoms with Crippen LogP contribution in [-0.2, 0) is 0 Å². The van der Waals surface area contributed by atoms with Crippen molar-refractivity contribution < 1.29 is 19.4 Å². The molecule has 0 saturated carbocycles. The van der Waals surface area contributed by atoms with Crippen LogP contribution in [0.15, 0.2) is 18.2 Å². The molecule has 0 atom stereocenters. The Labute approximate surface area is 76.9 Å². The maximum atomic E-state index is 8.59. The van der Waals surface area contributed by atoms with Crippen LogP contribution in [0.2, 0.25) is 0 Å². The fourth-order valence-electron chi connectivity index (χ4n) is 0.948. The van der Waals surface area contributed by atoms with Crippen LogP contribution in [0.5, 0.6) is 11.5 Å². The van der Waals surface area contributed by atoms with Gasteiger partial charge in [-0.1, -0.05) is 6.07 Å². The Kier molecular flexibility index (Phi) is 3.16. The number of ether oxygens (including phenoxy) is 1. The molecule has 0 aliphatic heterocycles. The molecule has 0 fully saturated rings. The van der Waals surface area contributed by atoms with Crippen LogP contribution >= 0.6 is 0 Å². The monoisotopic (exact) mass is 182 g/mol. The maximum absolute atomic E-state index is 8.59. The van der Waals surface area contributed by atoms with E-state index in [9.17, 15) is 0 Å². The van der Waals surface area contributed by atoms with Crippen molar-refractivity contribution in [2.75, 3.05) is 7.11 Å². The first-order chi connectivity index (χ1) is 6.13. The summed E-state index contributed by atoms with van der Waals surface area (Å²) >= 11 is 0. The first-order valence-electron chi connectivity index (χ1n) is 3.81. The van der Waals surface area contributed by atoms with E-state index in [4.69, 9.17) is 19.4 Å². The number of hydrogen-bond acceptors (Lipinski definition) is 4. The summed E-state index contributed by atoms with van der Waals surface area (Å²) in [5.41, 5.74) is 0.814. The van der Waals surface area contributed by atoms with E-state index < -0.39 is 7.32 Å². The summed E-state index contributed by atoms with van der Waals surface area (Å²) in [6, 6.07) is 5.14. The highest BCUT2D eigenvalue weighted by Crippen LogP contribution is 2.23. The lowest BCUT2D eigenvalue weighted by Crippen LogP contribution is -2.21. The molecule has 1 rings (SSSR count). The van der Waals surface area contributed by atoms with Gasteiger partial charge in [-0.2, -0.15) is 0 Å². The molecule has 4 nitrogen and oxygen atoms in total. The molecule has 1 aromatic rings. The van der Waals surface area contributed by atoms with Crippen molar-refractivity contribution in [3.05, 3.63) is 23.8 Å². The Morgan fingerprint density at radius 3 is 2.54 bits per heavy atom. The SMILES string of the molecule is COc1ccc(C)c(OB(O)O)c1. The Bertz CT molecular complexity index is 287. The molecule has 70 valence electrons. The number of aryl methyl sites for hydroxylation is 1. The molecular weight excluding hydrogens is 171 g/mol. The van der Waals surface area contributed by atoms with Crippen molar-refractivity contribution in [2.24, 2.45) is 0 Å². The Hall–Kier alpha value is -1.20. The lowest BCUT2D eigenvalue weighted by molar-refractivity contribution is 0.286. The van der Waals surface area contributed by atoms with Crippen molar-refractivity contribution in [2.45, 2.75) is 6.92 Å². The van der Waals surface area contributed by atoms with Gasteiger partial charge in [-0.25, -0.2) is 0 Å². The van der Waals surface area contributed by atoms with Gasteiger partial charge in [0.25, 0.3) is 0 Å². The molecule has 0 saturated heterocycles. The summed E-state index contributed by atoms with van der Waals surface area (Å²) in [6.45, 7) is 1.80. The molecule has 0 aliphatic rings. The molecule has 0 radical (unpaired) electrons. The molecule has 0 heterocycles. The molecule has 0 bridgehead atoms. The Morgan fingerprint density at radius 2 is 2.00 bits per heavy atom. The molecule has 5 heteroatoms. The van der Waals surface area contributed by atoms with Crippen LogP contribution in [0.3, 0.4) is 0 Å². The van der Waals surface area contributed by atoms with Crippen molar-refractivity contribution in [1.29, 1.82) is 0 Å². The van der Waals surface area contributed by atoms with E-state index >= 15 is 0 Å². The topological polar surface area (TPSA) is 58.9 Å². The van der Waals surface area contributed by atoms with E-state index in [1.165, 1.54) is 7.11 Å². The molecule has 0 aliphatic carbocycles. The molecule has 0 aromatic heterocycles. The zero-order valence-electron chi connectivity index (χ0n) is 7.52. The second-order valence-electron chi connectivity index (χ2n) is 2.58. The molecule has 0 amide bonds.